The van der Waals surface area contributed by atoms with Crippen LogP contribution in [0.3, 0.4) is 0 Å². The van der Waals surface area contributed by atoms with E-state index in [1.54, 1.807) is 0 Å². The zero-order valence-electron chi connectivity index (χ0n) is 8.84. The normalized spacial score (nSPS) is 30.5. The highest BCUT2D eigenvalue weighted by Gasteiger charge is 2.35. The Balaban J connectivity index is 2.38. The van der Waals surface area contributed by atoms with Crippen LogP contribution in [0.2, 0.25) is 0 Å². The lowest BCUT2D eigenvalue weighted by Gasteiger charge is -2.26. The third-order valence-electron chi connectivity index (χ3n) is 2.86. The van der Waals surface area contributed by atoms with Crippen LogP contribution >= 0.6 is 0 Å². The number of carbonyl (C=O) groups excluding carboxylic acids is 1. The first-order valence-corrected chi connectivity index (χ1v) is 5.11. The predicted octanol–water partition coefficient (Wildman–Crippen LogP) is -0.175. The summed E-state index contributed by atoms with van der Waals surface area (Å²) >= 11 is 0. The Morgan fingerprint density at radius 3 is 2.73 bits per heavy atom. The molecule has 4 heteroatoms. The number of ketones is 1. The van der Waals surface area contributed by atoms with Gasteiger partial charge in [-0.15, -0.1) is 0 Å². The molecule has 1 fully saturated rings. The summed E-state index contributed by atoms with van der Waals surface area (Å²) < 4.78 is 0. The summed E-state index contributed by atoms with van der Waals surface area (Å²) in [4.78, 5) is 13.3. The summed E-state index contributed by atoms with van der Waals surface area (Å²) in [6.45, 7) is 4.52. The molecule has 0 amide bonds. The second-order valence-electron chi connectivity index (χ2n) is 4.26. The van der Waals surface area contributed by atoms with Gasteiger partial charge in [0.05, 0.1) is 6.10 Å². The van der Waals surface area contributed by atoms with Gasteiger partial charge in [-0.3, -0.25) is 4.79 Å². The molecule has 4 nitrogen and oxygen atoms in total. The van der Waals surface area contributed by atoms with Crippen molar-refractivity contribution in [2.75, 3.05) is 6.54 Å². The van der Waals surface area contributed by atoms with Crippen molar-refractivity contribution in [1.29, 1.82) is 0 Å². The highest BCUT2D eigenvalue weighted by molar-refractivity contribution is 5.98. The van der Waals surface area contributed by atoms with E-state index in [0.717, 1.165) is 5.70 Å². The average molecular weight is 209 g/mol. The van der Waals surface area contributed by atoms with Gasteiger partial charge in [0.15, 0.2) is 5.78 Å². The number of hydrogen-bond donors (Lipinski definition) is 2. The van der Waals surface area contributed by atoms with Crippen LogP contribution in [-0.2, 0) is 4.79 Å². The monoisotopic (exact) mass is 209 g/mol. The number of hydrogen-bond acceptors (Lipinski definition) is 4. The van der Waals surface area contributed by atoms with E-state index in [0.29, 0.717) is 12.1 Å². The van der Waals surface area contributed by atoms with E-state index < -0.39 is 12.2 Å². The van der Waals surface area contributed by atoms with Crippen molar-refractivity contribution >= 4 is 5.78 Å². The molecule has 0 aromatic heterocycles. The number of β-amino-alcohol motifs (C(OH)–C–C–N with tert-alkyl or cyclic N) is 1. The highest BCUT2D eigenvalue weighted by Crippen LogP contribution is 2.32. The second kappa shape index (κ2) is 3.47. The predicted molar refractivity (Wildman–Crippen MR) is 55.0 cm³/mol. The number of carbonyl (C=O) groups is 1. The highest BCUT2D eigenvalue weighted by atomic mass is 16.3. The molecule has 0 bridgehead atoms. The Labute approximate surface area is 88.5 Å². The number of nitrogens with zero attached hydrogens (tertiary/aromatic N) is 1. The molecule has 0 saturated carbocycles. The SMILES string of the molecule is CC(C)N1C[C@H](O)C2=CC(=O)[C@@H](O)C=C21. The largest absolute Gasteiger partial charge is 0.386 e. The van der Waals surface area contributed by atoms with Crippen LogP contribution in [0.1, 0.15) is 13.8 Å². The summed E-state index contributed by atoms with van der Waals surface area (Å²) in [5, 5.41) is 19.2. The topological polar surface area (TPSA) is 60.8 Å². The molecule has 82 valence electrons. The van der Waals surface area contributed by atoms with Crippen LogP contribution in [0.4, 0.5) is 0 Å². The van der Waals surface area contributed by atoms with Crippen LogP contribution in [-0.4, -0.2) is 45.7 Å². The summed E-state index contributed by atoms with van der Waals surface area (Å²) in [6.07, 6.45) is 1.20. The summed E-state index contributed by atoms with van der Waals surface area (Å²) in [5.74, 6) is -0.349. The number of fused-ring (bicyclic) bond motifs is 1. The number of aliphatic hydroxyl groups is 2. The van der Waals surface area contributed by atoms with Gasteiger partial charge >= 0.3 is 0 Å². The number of rotatable bonds is 1. The molecule has 15 heavy (non-hydrogen) atoms. The molecule has 2 atom stereocenters. The standard InChI is InChI=1S/C11H15NO3/c1-6(2)12-5-11(15)7-3-9(13)10(14)4-8(7)12/h3-4,6,10-11,14-15H,5H2,1-2H3/t10-,11-/m0/s1. The van der Waals surface area contributed by atoms with E-state index in [1.807, 2.05) is 18.7 Å². The fourth-order valence-corrected chi connectivity index (χ4v) is 2.04. The zero-order valence-corrected chi connectivity index (χ0v) is 8.84. The van der Waals surface area contributed by atoms with E-state index in [1.165, 1.54) is 12.2 Å². The lowest BCUT2D eigenvalue weighted by Crippen LogP contribution is -2.30. The van der Waals surface area contributed by atoms with Gasteiger partial charge in [0.2, 0.25) is 0 Å². The maximum Gasteiger partial charge on any atom is 0.188 e. The maximum atomic E-state index is 11.3. The fourth-order valence-electron chi connectivity index (χ4n) is 2.04. The van der Waals surface area contributed by atoms with Gasteiger partial charge in [-0.1, -0.05) is 0 Å². The smallest absolute Gasteiger partial charge is 0.188 e. The third kappa shape index (κ3) is 1.60. The van der Waals surface area contributed by atoms with Crippen molar-refractivity contribution in [1.82, 2.24) is 4.90 Å². The van der Waals surface area contributed by atoms with Crippen molar-refractivity contribution in [3.8, 4) is 0 Å². The Morgan fingerprint density at radius 2 is 2.13 bits per heavy atom. The van der Waals surface area contributed by atoms with Gasteiger partial charge in [-0.05, 0) is 26.0 Å². The van der Waals surface area contributed by atoms with Crippen LogP contribution in [0, 0.1) is 0 Å². The molecule has 2 N–H and O–H groups in total. The van der Waals surface area contributed by atoms with Crippen molar-refractivity contribution in [2.24, 2.45) is 0 Å². The average Bonchev–Trinajstić information content (AvgIpc) is 2.45. The Hall–Kier alpha value is -1.13. The molecular formula is C11H15NO3. The lowest BCUT2D eigenvalue weighted by atomic mass is 9.99. The van der Waals surface area contributed by atoms with Crippen LogP contribution in [0.25, 0.3) is 0 Å². The Morgan fingerprint density at radius 1 is 1.47 bits per heavy atom. The quantitative estimate of drug-likeness (QED) is 0.629. The molecule has 1 heterocycles. The summed E-state index contributed by atoms with van der Waals surface area (Å²) in [6, 6.07) is 0.247. The lowest BCUT2D eigenvalue weighted by molar-refractivity contribution is -0.120. The molecule has 2 rings (SSSR count). The van der Waals surface area contributed by atoms with Crippen LogP contribution < -0.4 is 0 Å². The van der Waals surface area contributed by atoms with Crippen LogP contribution in [0.15, 0.2) is 23.4 Å². The van der Waals surface area contributed by atoms with E-state index in [4.69, 9.17) is 0 Å². The minimum absolute atomic E-state index is 0.247. The molecule has 0 aromatic carbocycles. The fraction of sp³-hybridized carbons (Fsp3) is 0.545. The van der Waals surface area contributed by atoms with Crippen molar-refractivity contribution < 1.29 is 15.0 Å². The van der Waals surface area contributed by atoms with Crippen LogP contribution in [0.5, 0.6) is 0 Å². The molecule has 1 aliphatic carbocycles. The van der Waals surface area contributed by atoms with E-state index >= 15 is 0 Å². The third-order valence-corrected chi connectivity index (χ3v) is 2.86. The zero-order chi connectivity index (χ0) is 11.2. The minimum Gasteiger partial charge on any atom is -0.386 e. The van der Waals surface area contributed by atoms with Crippen molar-refractivity contribution in [3.05, 3.63) is 23.4 Å². The second-order valence-corrected chi connectivity index (χ2v) is 4.26. The summed E-state index contributed by atoms with van der Waals surface area (Å²) in [7, 11) is 0. The molecular weight excluding hydrogens is 194 g/mol. The minimum atomic E-state index is -1.06. The molecule has 1 aliphatic heterocycles. The molecule has 1 saturated heterocycles. The van der Waals surface area contributed by atoms with Gasteiger partial charge in [-0.2, -0.15) is 0 Å². The van der Waals surface area contributed by atoms with Gasteiger partial charge in [0.1, 0.15) is 6.10 Å². The number of aliphatic hydroxyl groups excluding tert-OH is 2. The maximum absolute atomic E-state index is 11.3. The Kier molecular flexibility index (Phi) is 2.40. The van der Waals surface area contributed by atoms with E-state index in [9.17, 15) is 15.0 Å². The van der Waals surface area contributed by atoms with E-state index in [-0.39, 0.29) is 11.8 Å². The first-order chi connectivity index (χ1) is 7.00. The van der Waals surface area contributed by atoms with Gasteiger partial charge in [0.25, 0.3) is 0 Å². The van der Waals surface area contributed by atoms with E-state index in [2.05, 4.69) is 0 Å². The molecule has 2 aliphatic rings. The molecule has 0 radical (unpaired) electrons. The summed E-state index contributed by atoms with van der Waals surface area (Å²) in [5.41, 5.74) is 1.43. The van der Waals surface area contributed by atoms with Gasteiger partial charge in [-0.25, -0.2) is 0 Å². The molecule has 0 spiro atoms. The molecule has 0 unspecified atom stereocenters. The first-order valence-electron chi connectivity index (χ1n) is 5.11. The first kappa shape index (κ1) is 10.4. The Bertz CT molecular complexity index is 357. The van der Waals surface area contributed by atoms with Gasteiger partial charge in [0, 0.05) is 23.9 Å². The van der Waals surface area contributed by atoms with Crippen molar-refractivity contribution in [2.45, 2.75) is 32.1 Å². The number of likely N-dealkylation sites (tertiary alicyclic amines) is 1. The molecule has 0 aromatic rings. The van der Waals surface area contributed by atoms with Gasteiger partial charge < -0.3 is 15.1 Å². The van der Waals surface area contributed by atoms with Crippen molar-refractivity contribution in [3.63, 3.8) is 0 Å².